The SMILES string of the molecule is CC(=O)c1ccc(S(=O)(=O)N2CCCCC2C(=O)N2CCNCC2)cc1. The third-order valence-electron chi connectivity index (χ3n) is 5.03. The van der Waals surface area contributed by atoms with Crippen molar-refractivity contribution in [3.05, 3.63) is 29.8 Å². The molecule has 0 radical (unpaired) electrons. The quantitative estimate of drug-likeness (QED) is 0.785. The molecule has 2 heterocycles. The van der Waals surface area contributed by atoms with Gasteiger partial charge in [0.1, 0.15) is 6.04 Å². The molecule has 2 saturated heterocycles. The second-order valence-corrected chi connectivity index (χ2v) is 8.67. The molecule has 2 aliphatic rings. The van der Waals surface area contributed by atoms with E-state index in [-0.39, 0.29) is 16.6 Å². The van der Waals surface area contributed by atoms with Crippen LogP contribution in [0.15, 0.2) is 29.2 Å². The van der Waals surface area contributed by atoms with Gasteiger partial charge in [0.25, 0.3) is 0 Å². The van der Waals surface area contributed by atoms with Gasteiger partial charge in [0.2, 0.25) is 15.9 Å². The van der Waals surface area contributed by atoms with Crippen LogP contribution in [0.1, 0.15) is 36.5 Å². The van der Waals surface area contributed by atoms with Crippen molar-refractivity contribution >= 4 is 21.7 Å². The van der Waals surface area contributed by atoms with Crippen LogP contribution in [-0.2, 0) is 14.8 Å². The van der Waals surface area contributed by atoms with E-state index in [1.807, 2.05) is 0 Å². The molecule has 26 heavy (non-hydrogen) atoms. The fourth-order valence-corrected chi connectivity index (χ4v) is 5.18. The van der Waals surface area contributed by atoms with E-state index in [0.717, 1.165) is 25.9 Å². The highest BCUT2D eigenvalue weighted by atomic mass is 32.2. The van der Waals surface area contributed by atoms with Crippen molar-refractivity contribution in [2.45, 2.75) is 37.1 Å². The second kappa shape index (κ2) is 7.85. The molecule has 0 spiro atoms. The number of sulfonamides is 1. The van der Waals surface area contributed by atoms with Crippen molar-refractivity contribution in [1.29, 1.82) is 0 Å². The van der Waals surface area contributed by atoms with E-state index in [1.54, 1.807) is 4.90 Å². The van der Waals surface area contributed by atoms with Crippen LogP contribution in [0.3, 0.4) is 0 Å². The summed E-state index contributed by atoms with van der Waals surface area (Å²) < 4.78 is 27.6. The Morgan fingerprint density at radius 2 is 1.69 bits per heavy atom. The number of hydrogen-bond acceptors (Lipinski definition) is 5. The van der Waals surface area contributed by atoms with Crippen molar-refractivity contribution in [2.24, 2.45) is 0 Å². The van der Waals surface area contributed by atoms with Crippen LogP contribution >= 0.6 is 0 Å². The standard InChI is InChI=1S/C18H25N3O4S/c1-14(22)15-5-7-16(8-6-15)26(24,25)21-11-3-2-4-17(21)18(23)20-12-9-19-10-13-20/h5-8,17,19H,2-4,9-13H2,1H3. The summed E-state index contributed by atoms with van der Waals surface area (Å²) in [6, 6.07) is 5.30. The lowest BCUT2D eigenvalue weighted by Crippen LogP contribution is -2.56. The van der Waals surface area contributed by atoms with Gasteiger partial charge in [-0.25, -0.2) is 8.42 Å². The number of benzene rings is 1. The molecule has 8 heteroatoms. The van der Waals surface area contributed by atoms with Crippen LogP contribution in [0.5, 0.6) is 0 Å². The molecule has 2 aliphatic heterocycles. The summed E-state index contributed by atoms with van der Waals surface area (Å²) >= 11 is 0. The lowest BCUT2D eigenvalue weighted by Gasteiger charge is -2.38. The van der Waals surface area contributed by atoms with E-state index in [0.29, 0.717) is 31.6 Å². The highest BCUT2D eigenvalue weighted by Crippen LogP contribution is 2.27. The maximum absolute atomic E-state index is 13.1. The van der Waals surface area contributed by atoms with Gasteiger partial charge in [0, 0.05) is 38.3 Å². The van der Waals surface area contributed by atoms with Gasteiger partial charge in [0.15, 0.2) is 5.78 Å². The molecule has 0 aromatic heterocycles. The predicted molar refractivity (Wildman–Crippen MR) is 97.4 cm³/mol. The number of nitrogens with one attached hydrogen (secondary N) is 1. The lowest BCUT2D eigenvalue weighted by molar-refractivity contribution is -0.136. The zero-order chi connectivity index (χ0) is 18.7. The van der Waals surface area contributed by atoms with E-state index in [1.165, 1.54) is 35.5 Å². The molecule has 1 aromatic carbocycles. The summed E-state index contributed by atoms with van der Waals surface area (Å²) in [4.78, 5) is 26.2. The summed E-state index contributed by atoms with van der Waals surface area (Å²) in [5.41, 5.74) is 0.469. The first-order chi connectivity index (χ1) is 12.4. The molecule has 142 valence electrons. The van der Waals surface area contributed by atoms with Gasteiger partial charge >= 0.3 is 0 Å². The van der Waals surface area contributed by atoms with Gasteiger partial charge in [-0.1, -0.05) is 18.6 Å². The Morgan fingerprint density at radius 1 is 1.04 bits per heavy atom. The van der Waals surface area contributed by atoms with Gasteiger partial charge in [-0.3, -0.25) is 9.59 Å². The minimum Gasteiger partial charge on any atom is -0.339 e. The molecule has 1 aromatic rings. The molecular formula is C18H25N3O4S. The van der Waals surface area contributed by atoms with Gasteiger partial charge < -0.3 is 10.2 Å². The Kier molecular flexibility index (Phi) is 5.74. The Labute approximate surface area is 154 Å². The van der Waals surface area contributed by atoms with Crippen LogP contribution in [-0.4, -0.2) is 68.1 Å². The monoisotopic (exact) mass is 379 g/mol. The first-order valence-electron chi connectivity index (χ1n) is 9.03. The number of rotatable bonds is 4. The van der Waals surface area contributed by atoms with Gasteiger partial charge in [-0.15, -0.1) is 0 Å². The van der Waals surface area contributed by atoms with Crippen LogP contribution < -0.4 is 5.32 Å². The predicted octanol–water partition coefficient (Wildman–Crippen LogP) is 0.864. The molecule has 3 rings (SSSR count). The highest BCUT2D eigenvalue weighted by molar-refractivity contribution is 7.89. The molecule has 1 unspecified atom stereocenters. The van der Waals surface area contributed by atoms with Crippen molar-refractivity contribution in [2.75, 3.05) is 32.7 Å². The Hall–Kier alpha value is -1.77. The molecule has 1 N–H and O–H groups in total. The molecule has 1 atom stereocenters. The Bertz CT molecular complexity index is 770. The number of carbonyl (C=O) groups excluding carboxylic acids is 2. The van der Waals surface area contributed by atoms with E-state index in [9.17, 15) is 18.0 Å². The number of carbonyl (C=O) groups is 2. The zero-order valence-electron chi connectivity index (χ0n) is 15.0. The highest BCUT2D eigenvalue weighted by Gasteiger charge is 2.39. The van der Waals surface area contributed by atoms with Crippen LogP contribution in [0, 0.1) is 0 Å². The normalized spacial score (nSPS) is 22.2. The summed E-state index contributed by atoms with van der Waals surface area (Å²) in [7, 11) is -3.78. The number of Topliss-reactive ketones (excluding diaryl/α,β-unsaturated/α-hetero) is 1. The number of hydrogen-bond donors (Lipinski definition) is 1. The minimum absolute atomic E-state index is 0.102. The van der Waals surface area contributed by atoms with Crippen molar-refractivity contribution < 1.29 is 18.0 Å². The van der Waals surface area contributed by atoms with E-state index >= 15 is 0 Å². The molecule has 0 saturated carbocycles. The number of piperidine rings is 1. The average molecular weight is 379 g/mol. The second-order valence-electron chi connectivity index (χ2n) is 6.78. The van der Waals surface area contributed by atoms with Gasteiger partial charge in [0.05, 0.1) is 4.90 Å². The minimum atomic E-state index is -3.78. The van der Waals surface area contributed by atoms with Crippen LogP contribution in [0.25, 0.3) is 0 Å². The fourth-order valence-electron chi connectivity index (χ4n) is 3.53. The molecule has 1 amide bonds. The number of piperazine rings is 1. The summed E-state index contributed by atoms with van der Waals surface area (Å²) in [6.07, 6.45) is 2.14. The van der Waals surface area contributed by atoms with E-state index < -0.39 is 16.1 Å². The summed E-state index contributed by atoms with van der Waals surface area (Å²) in [6.45, 7) is 4.47. The largest absolute Gasteiger partial charge is 0.339 e. The topological polar surface area (TPSA) is 86.8 Å². The summed E-state index contributed by atoms with van der Waals surface area (Å²) in [5, 5.41) is 3.20. The van der Waals surface area contributed by atoms with Crippen LogP contribution in [0.2, 0.25) is 0 Å². The van der Waals surface area contributed by atoms with E-state index in [4.69, 9.17) is 0 Å². The average Bonchev–Trinajstić information content (AvgIpc) is 2.68. The lowest BCUT2D eigenvalue weighted by atomic mass is 10.0. The maximum atomic E-state index is 13.1. The Morgan fingerprint density at radius 3 is 2.31 bits per heavy atom. The fraction of sp³-hybridized carbons (Fsp3) is 0.556. The third-order valence-corrected chi connectivity index (χ3v) is 6.96. The molecule has 2 fully saturated rings. The van der Waals surface area contributed by atoms with Crippen molar-refractivity contribution in [3.63, 3.8) is 0 Å². The van der Waals surface area contributed by atoms with Crippen molar-refractivity contribution in [3.8, 4) is 0 Å². The molecular weight excluding hydrogens is 354 g/mol. The smallest absolute Gasteiger partial charge is 0.243 e. The van der Waals surface area contributed by atoms with Crippen molar-refractivity contribution in [1.82, 2.24) is 14.5 Å². The third kappa shape index (κ3) is 3.82. The summed E-state index contributed by atoms with van der Waals surface area (Å²) in [5.74, 6) is -0.214. The van der Waals surface area contributed by atoms with E-state index in [2.05, 4.69) is 5.32 Å². The first-order valence-corrected chi connectivity index (χ1v) is 10.5. The Balaban J connectivity index is 1.85. The molecule has 7 nitrogen and oxygen atoms in total. The maximum Gasteiger partial charge on any atom is 0.243 e. The first kappa shape index (κ1) is 19.0. The van der Waals surface area contributed by atoms with Crippen LogP contribution in [0.4, 0.5) is 0 Å². The molecule has 0 aliphatic carbocycles. The van der Waals surface area contributed by atoms with Gasteiger partial charge in [-0.2, -0.15) is 4.31 Å². The molecule has 0 bridgehead atoms. The van der Waals surface area contributed by atoms with Gasteiger partial charge in [-0.05, 0) is 31.9 Å². The number of amides is 1. The zero-order valence-corrected chi connectivity index (χ0v) is 15.8. The number of nitrogens with zero attached hydrogens (tertiary/aromatic N) is 2. The number of ketones is 1.